The molecule has 0 aliphatic carbocycles. The summed E-state index contributed by atoms with van der Waals surface area (Å²) in [6.07, 6.45) is 0.514. The Morgan fingerprint density at radius 2 is 1.51 bits per heavy atom. The van der Waals surface area contributed by atoms with Gasteiger partial charge >= 0.3 is 5.97 Å². The van der Waals surface area contributed by atoms with Crippen molar-refractivity contribution in [2.24, 2.45) is 17.8 Å². The molecule has 2 atom stereocenters. The quantitative estimate of drug-likeness (QED) is 0.263. The summed E-state index contributed by atoms with van der Waals surface area (Å²) in [4.78, 5) is 49.4. The number of esters is 1. The molecule has 0 unspecified atom stereocenters. The highest BCUT2D eigenvalue weighted by Crippen LogP contribution is 2.18. The number of benzene rings is 1. The first-order valence-electron chi connectivity index (χ1n) is 12.2. The Morgan fingerprint density at radius 1 is 0.886 bits per heavy atom. The van der Waals surface area contributed by atoms with Crippen molar-refractivity contribution in [1.82, 2.24) is 5.32 Å². The zero-order chi connectivity index (χ0) is 26.4. The summed E-state index contributed by atoms with van der Waals surface area (Å²) in [6.45, 7) is 10.4. The van der Waals surface area contributed by atoms with Gasteiger partial charge in [-0.15, -0.1) is 0 Å². The first-order chi connectivity index (χ1) is 16.5. The number of ketones is 2. The van der Waals surface area contributed by atoms with Gasteiger partial charge in [-0.25, -0.2) is 0 Å². The van der Waals surface area contributed by atoms with E-state index < -0.39 is 12.0 Å². The minimum atomic E-state index is -0.678. The van der Waals surface area contributed by atoms with Crippen LogP contribution < -0.4 is 5.32 Å². The first-order valence-corrected chi connectivity index (χ1v) is 12.2. The molecule has 8 heteroatoms. The van der Waals surface area contributed by atoms with Gasteiger partial charge in [0.25, 0.3) is 0 Å². The molecule has 8 nitrogen and oxygen atoms in total. The largest absolute Gasteiger partial charge is 0.461 e. The molecule has 0 aliphatic heterocycles. The Bertz CT molecular complexity index is 817. The van der Waals surface area contributed by atoms with Crippen molar-refractivity contribution in [2.75, 3.05) is 26.9 Å². The van der Waals surface area contributed by atoms with Crippen LogP contribution in [0, 0.1) is 17.8 Å². The number of nitrogens with one attached hydrogen (secondary N) is 1. The van der Waals surface area contributed by atoms with E-state index in [4.69, 9.17) is 14.2 Å². The maximum absolute atomic E-state index is 12.8. The lowest BCUT2D eigenvalue weighted by Gasteiger charge is -2.22. The van der Waals surface area contributed by atoms with E-state index in [9.17, 15) is 19.2 Å². The average Bonchev–Trinajstić information content (AvgIpc) is 2.81. The van der Waals surface area contributed by atoms with Gasteiger partial charge in [0.1, 0.15) is 12.4 Å². The Kier molecular flexibility index (Phi) is 14.1. The summed E-state index contributed by atoms with van der Waals surface area (Å²) in [5.41, 5.74) is 1.64. The van der Waals surface area contributed by atoms with Gasteiger partial charge in [0, 0.05) is 32.3 Å². The third-order valence-electron chi connectivity index (χ3n) is 5.64. The van der Waals surface area contributed by atoms with Gasteiger partial charge in [-0.05, 0) is 24.0 Å². The lowest BCUT2D eigenvalue weighted by molar-refractivity contribution is -0.148. The SMILES string of the molecule is COCCOCCC(=O)C[C@H](C(=O)N[C@@H](C)C(=O)Cc1ccc(COC(=O)C(C)C)cc1)C(C)C. The molecule has 0 aromatic heterocycles. The standard InChI is InChI=1S/C27H41NO7/c1-18(2)24(16-23(29)11-12-34-14-13-33-6)26(31)28-20(5)25(30)15-21-7-9-22(10-8-21)17-35-27(32)19(3)4/h7-10,18-20,24H,11-17H2,1-6H3,(H,28,31)/t20-,24-/m0/s1. The van der Waals surface area contributed by atoms with Gasteiger partial charge in [0.15, 0.2) is 5.78 Å². The van der Waals surface area contributed by atoms with E-state index in [0.717, 1.165) is 11.1 Å². The smallest absolute Gasteiger partial charge is 0.308 e. The highest BCUT2D eigenvalue weighted by atomic mass is 16.5. The fourth-order valence-electron chi connectivity index (χ4n) is 3.24. The second-order valence-electron chi connectivity index (χ2n) is 9.40. The third-order valence-corrected chi connectivity index (χ3v) is 5.64. The van der Waals surface area contributed by atoms with Crippen molar-refractivity contribution < 1.29 is 33.4 Å². The van der Waals surface area contributed by atoms with Crippen LogP contribution in [0.4, 0.5) is 0 Å². The maximum atomic E-state index is 12.8. The van der Waals surface area contributed by atoms with Gasteiger partial charge in [0.05, 0.1) is 31.8 Å². The van der Waals surface area contributed by atoms with E-state index in [1.165, 1.54) is 0 Å². The fraction of sp³-hybridized carbons (Fsp3) is 0.630. The number of carbonyl (C=O) groups is 4. The van der Waals surface area contributed by atoms with Crippen LogP contribution in [-0.2, 0) is 46.4 Å². The molecule has 35 heavy (non-hydrogen) atoms. The van der Waals surface area contributed by atoms with Gasteiger partial charge in [0.2, 0.25) is 5.91 Å². The molecule has 0 fully saturated rings. The van der Waals surface area contributed by atoms with Crippen molar-refractivity contribution in [1.29, 1.82) is 0 Å². The van der Waals surface area contributed by atoms with E-state index in [0.29, 0.717) is 19.8 Å². The van der Waals surface area contributed by atoms with E-state index in [-0.39, 0.29) is 61.1 Å². The molecule has 0 bridgehead atoms. The number of carbonyl (C=O) groups excluding carboxylic acids is 4. The lowest BCUT2D eigenvalue weighted by Crippen LogP contribution is -2.44. The van der Waals surface area contributed by atoms with Crippen LogP contribution in [0.2, 0.25) is 0 Å². The zero-order valence-electron chi connectivity index (χ0n) is 21.9. The third kappa shape index (κ3) is 12.1. The highest BCUT2D eigenvalue weighted by Gasteiger charge is 2.27. The van der Waals surface area contributed by atoms with Crippen LogP contribution in [0.25, 0.3) is 0 Å². The number of Topliss-reactive ketones (excluding diaryl/α,β-unsaturated/α-hetero) is 2. The maximum Gasteiger partial charge on any atom is 0.308 e. The van der Waals surface area contributed by atoms with Crippen molar-refractivity contribution in [3.8, 4) is 0 Å². The Hall–Kier alpha value is -2.58. The van der Waals surface area contributed by atoms with Crippen LogP contribution in [0.3, 0.4) is 0 Å². The second kappa shape index (κ2) is 16.2. The van der Waals surface area contributed by atoms with E-state index in [1.807, 2.05) is 38.1 Å². The average molecular weight is 492 g/mol. The summed E-state index contributed by atoms with van der Waals surface area (Å²) < 4.78 is 15.4. The van der Waals surface area contributed by atoms with Gasteiger partial charge in [-0.1, -0.05) is 52.0 Å². The van der Waals surface area contributed by atoms with Gasteiger partial charge < -0.3 is 19.5 Å². The Labute approximate surface area is 209 Å². The predicted octanol–water partition coefficient (Wildman–Crippen LogP) is 3.29. The molecule has 0 aliphatic rings. The minimum Gasteiger partial charge on any atom is -0.461 e. The van der Waals surface area contributed by atoms with Crippen molar-refractivity contribution >= 4 is 23.4 Å². The molecule has 0 heterocycles. The summed E-state index contributed by atoms with van der Waals surface area (Å²) in [6, 6.07) is 6.59. The number of hydrogen-bond acceptors (Lipinski definition) is 7. The molecule has 0 spiro atoms. The predicted molar refractivity (Wildman–Crippen MR) is 133 cm³/mol. The molecule has 0 saturated carbocycles. The molecule has 196 valence electrons. The van der Waals surface area contributed by atoms with Crippen molar-refractivity contribution in [3.63, 3.8) is 0 Å². The van der Waals surface area contributed by atoms with Crippen LogP contribution in [0.5, 0.6) is 0 Å². The Balaban J connectivity index is 2.54. The molecular weight excluding hydrogens is 450 g/mol. The molecule has 1 aromatic rings. The lowest BCUT2D eigenvalue weighted by atomic mass is 9.88. The van der Waals surface area contributed by atoms with Crippen LogP contribution in [-0.4, -0.2) is 56.4 Å². The summed E-state index contributed by atoms with van der Waals surface area (Å²) in [5.74, 6) is -1.47. The number of amides is 1. The molecular formula is C27H41NO7. The van der Waals surface area contributed by atoms with Crippen LogP contribution in [0.1, 0.15) is 58.6 Å². The molecule has 1 amide bonds. The van der Waals surface area contributed by atoms with Crippen LogP contribution >= 0.6 is 0 Å². The number of methoxy groups -OCH3 is 1. The van der Waals surface area contributed by atoms with E-state index in [2.05, 4.69) is 5.32 Å². The molecule has 1 aromatic carbocycles. The van der Waals surface area contributed by atoms with Crippen LogP contribution in [0.15, 0.2) is 24.3 Å². The molecule has 1 N–H and O–H groups in total. The van der Waals surface area contributed by atoms with E-state index >= 15 is 0 Å². The second-order valence-corrected chi connectivity index (χ2v) is 9.40. The van der Waals surface area contributed by atoms with Gasteiger partial charge in [-0.2, -0.15) is 0 Å². The molecule has 0 saturated heterocycles. The summed E-state index contributed by atoms with van der Waals surface area (Å²) in [7, 11) is 1.58. The summed E-state index contributed by atoms with van der Waals surface area (Å²) >= 11 is 0. The van der Waals surface area contributed by atoms with Gasteiger partial charge in [-0.3, -0.25) is 19.2 Å². The monoisotopic (exact) mass is 491 g/mol. The minimum absolute atomic E-state index is 0.0468. The van der Waals surface area contributed by atoms with Crippen molar-refractivity contribution in [2.45, 2.75) is 66.5 Å². The number of rotatable bonds is 17. The Morgan fingerprint density at radius 3 is 2.09 bits per heavy atom. The summed E-state index contributed by atoms with van der Waals surface area (Å²) in [5, 5.41) is 2.78. The topological polar surface area (TPSA) is 108 Å². The fourth-order valence-corrected chi connectivity index (χ4v) is 3.24. The highest BCUT2D eigenvalue weighted by molar-refractivity contribution is 5.92. The zero-order valence-corrected chi connectivity index (χ0v) is 21.9. The molecule has 0 radical (unpaired) electrons. The van der Waals surface area contributed by atoms with E-state index in [1.54, 1.807) is 27.9 Å². The molecule has 1 rings (SSSR count). The normalized spacial score (nSPS) is 12.9. The number of ether oxygens (including phenoxy) is 3. The van der Waals surface area contributed by atoms with Crippen molar-refractivity contribution in [3.05, 3.63) is 35.4 Å². The number of hydrogen-bond donors (Lipinski definition) is 1. The first kappa shape index (κ1) is 30.5.